The Morgan fingerprint density at radius 3 is 2.45 bits per heavy atom. The molecule has 0 amide bonds. The first-order valence-corrected chi connectivity index (χ1v) is 11.6. The molecule has 0 saturated carbocycles. The fourth-order valence-electron chi connectivity index (χ4n) is 3.53. The molecule has 8 heteroatoms. The van der Waals surface area contributed by atoms with Gasteiger partial charge in [0, 0.05) is 6.54 Å². The van der Waals surface area contributed by atoms with E-state index in [1.54, 1.807) is 11.8 Å². The molecule has 0 spiro atoms. The van der Waals surface area contributed by atoms with Crippen LogP contribution in [0.5, 0.6) is 11.5 Å². The van der Waals surface area contributed by atoms with Crippen molar-refractivity contribution in [2.45, 2.75) is 65.5 Å². The lowest BCUT2D eigenvalue weighted by Gasteiger charge is -2.13. The van der Waals surface area contributed by atoms with E-state index in [9.17, 15) is 0 Å². The summed E-state index contributed by atoms with van der Waals surface area (Å²) in [6.45, 7) is 6.40. The molecule has 0 aliphatic carbocycles. The number of tetrazole rings is 1. The summed E-state index contributed by atoms with van der Waals surface area (Å²) in [4.78, 5) is 0. The second kappa shape index (κ2) is 14.5. The van der Waals surface area contributed by atoms with Gasteiger partial charge in [-0.05, 0) is 60.1 Å². The molecule has 0 radical (unpaired) electrons. The van der Waals surface area contributed by atoms with E-state index in [1.165, 1.54) is 49.7 Å². The molecule has 0 atom stereocenters. The third kappa shape index (κ3) is 8.33. The van der Waals surface area contributed by atoms with Gasteiger partial charge in [0.2, 0.25) is 0 Å². The molecule has 3 rings (SSSR count). The summed E-state index contributed by atoms with van der Waals surface area (Å²) in [6.07, 6.45) is 7.85. The first kappa shape index (κ1) is 26.6. The SMILES string of the molecule is CCCCCCCCNCc1ccc(OCc2nnnn2-c2ccc(C)cc2)c(OC)c1.Cl. The predicted octanol–water partition coefficient (Wildman–Crippen LogP) is 5.43. The van der Waals surface area contributed by atoms with Gasteiger partial charge in [0.15, 0.2) is 23.9 Å². The third-order valence-corrected chi connectivity index (χ3v) is 5.43. The van der Waals surface area contributed by atoms with Crippen molar-refractivity contribution in [3.63, 3.8) is 0 Å². The van der Waals surface area contributed by atoms with Gasteiger partial charge in [-0.25, -0.2) is 0 Å². The molecular formula is C25H36ClN5O2. The Labute approximate surface area is 203 Å². The van der Waals surface area contributed by atoms with Crippen LogP contribution in [0.1, 0.15) is 62.4 Å². The fraction of sp³-hybridized carbons (Fsp3) is 0.480. The summed E-state index contributed by atoms with van der Waals surface area (Å²) in [5.41, 5.74) is 3.26. The van der Waals surface area contributed by atoms with Crippen LogP contribution < -0.4 is 14.8 Å². The highest BCUT2D eigenvalue weighted by Gasteiger charge is 2.12. The summed E-state index contributed by atoms with van der Waals surface area (Å²) < 4.78 is 13.2. The number of unbranched alkanes of at least 4 members (excludes halogenated alkanes) is 5. The molecule has 33 heavy (non-hydrogen) atoms. The van der Waals surface area contributed by atoms with E-state index in [0.29, 0.717) is 17.3 Å². The molecule has 0 unspecified atom stereocenters. The maximum absolute atomic E-state index is 5.99. The van der Waals surface area contributed by atoms with Gasteiger partial charge >= 0.3 is 0 Å². The zero-order chi connectivity index (χ0) is 22.6. The van der Waals surface area contributed by atoms with Crippen molar-refractivity contribution >= 4 is 12.4 Å². The van der Waals surface area contributed by atoms with E-state index in [4.69, 9.17) is 9.47 Å². The van der Waals surface area contributed by atoms with Crippen LogP contribution in [0.2, 0.25) is 0 Å². The lowest BCUT2D eigenvalue weighted by molar-refractivity contribution is 0.273. The number of hydrogen-bond acceptors (Lipinski definition) is 6. The molecule has 1 N–H and O–H groups in total. The van der Waals surface area contributed by atoms with E-state index in [1.807, 2.05) is 43.3 Å². The lowest BCUT2D eigenvalue weighted by atomic mass is 10.1. The Balaban J connectivity index is 0.00000385. The van der Waals surface area contributed by atoms with Crippen LogP contribution in [0.3, 0.4) is 0 Å². The standard InChI is InChI=1S/C25H35N5O2.ClH/c1-4-5-6-7-8-9-16-26-18-21-12-15-23(24(17-21)31-3)32-19-25-27-28-29-30(25)22-13-10-20(2)11-14-22;/h10-15,17,26H,4-9,16,18-19H2,1-3H3;1H. The van der Waals surface area contributed by atoms with Gasteiger partial charge in [-0.15, -0.1) is 17.5 Å². The quantitative estimate of drug-likeness (QED) is 0.315. The van der Waals surface area contributed by atoms with Crippen LogP contribution in [-0.4, -0.2) is 33.9 Å². The van der Waals surface area contributed by atoms with Gasteiger partial charge in [0.25, 0.3) is 0 Å². The average Bonchev–Trinajstić information content (AvgIpc) is 3.29. The number of aromatic nitrogens is 4. The maximum Gasteiger partial charge on any atom is 0.194 e. The highest BCUT2D eigenvalue weighted by Crippen LogP contribution is 2.29. The van der Waals surface area contributed by atoms with Gasteiger partial charge in [0.05, 0.1) is 12.8 Å². The van der Waals surface area contributed by atoms with Gasteiger partial charge in [0.1, 0.15) is 0 Å². The minimum absolute atomic E-state index is 0. The van der Waals surface area contributed by atoms with Crippen molar-refractivity contribution in [3.8, 4) is 17.2 Å². The maximum atomic E-state index is 5.99. The number of nitrogens with zero attached hydrogens (tertiary/aromatic N) is 4. The number of benzene rings is 2. The molecule has 1 aromatic heterocycles. The van der Waals surface area contributed by atoms with E-state index in [2.05, 4.69) is 33.8 Å². The molecule has 0 fully saturated rings. The minimum atomic E-state index is 0. The van der Waals surface area contributed by atoms with Crippen LogP contribution >= 0.6 is 12.4 Å². The molecular weight excluding hydrogens is 438 g/mol. The lowest BCUT2D eigenvalue weighted by Crippen LogP contribution is -2.14. The number of hydrogen-bond donors (Lipinski definition) is 1. The molecule has 3 aromatic rings. The van der Waals surface area contributed by atoms with Gasteiger partial charge in [-0.1, -0.05) is 62.8 Å². The van der Waals surface area contributed by atoms with Crippen LogP contribution in [0, 0.1) is 6.92 Å². The van der Waals surface area contributed by atoms with Gasteiger partial charge in [-0.2, -0.15) is 4.68 Å². The smallest absolute Gasteiger partial charge is 0.194 e. The Hall–Kier alpha value is -2.64. The predicted molar refractivity (Wildman–Crippen MR) is 134 cm³/mol. The molecule has 7 nitrogen and oxygen atoms in total. The zero-order valence-corrected chi connectivity index (χ0v) is 20.7. The molecule has 2 aromatic carbocycles. The number of ether oxygens (including phenoxy) is 2. The number of aryl methyl sites for hydroxylation is 1. The van der Waals surface area contributed by atoms with Gasteiger partial charge in [-0.3, -0.25) is 0 Å². The monoisotopic (exact) mass is 473 g/mol. The highest BCUT2D eigenvalue weighted by molar-refractivity contribution is 5.85. The van der Waals surface area contributed by atoms with Crippen molar-refractivity contribution in [1.29, 1.82) is 0 Å². The summed E-state index contributed by atoms with van der Waals surface area (Å²) in [5, 5.41) is 15.5. The van der Waals surface area contributed by atoms with E-state index < -0.39 is 0 Å². The Kier molecular flexibility index (Phi) is 11.7. The zero-order valence-electron chi connectivity index (χ0n) is 19.9. The second-order valence-corrected chi connectivity index (χ2v) is 8.06. The number of halogens is 1. The Morgan fingerprint density at radius 1 is 0.939 bits per heavy atom. The first-order chi connectivity index (χ1) is 15.7. The number of nitrogens with one attached hydrogen (secondary N) is 1. The van der Waals surface area contributed by atoms with Crippen molar-refractivity contribution in [3.05, 3.63) is 59.4 Å². The summed E-state index contributed by atoms with van der Waals surface area (Å²) in [7, 11) is 1.66. The van der Waals surface area contributed by atoms with Crippen molar-refractivity contribution < 1.29 is 9.47 Å². The van der Waals surface area contributed by atoms with Crippen LogP contribution in [0.25, 0.3) is 5.69 Å². The average molecular weight is 474 g/mol. The summed E-state index contributed by atoms with van der Waals surface area (Å²) >= 11 is 0. The highest BCUT2D eigenvalue weighted by atomic mass is 35.5. The van der Waals surface area contributed by atoms with Gasteiger partial charge < -0.3 is 14.8 Å². The fourth-order valence-corrected chi connectivity index (χ4v) is 3.53. The largest absolute Gasteiger partial charge is 0.493 e. The minimum Gasteiger partial charge on any atom is -0.493 e. The van der Waals surface area contributed by atoms with Crippen LogP contribution in [-0.2, 0) is 13.2 Å². The summed E-state index contributed by atoms with van der Waals surface area (Å²) in [5.74, 6) is 2.00. The molecule has 0 aliphatic rings. The number of rotatable bonds is 14. The van der Waals surface area contributed by atoms with Crippen LogP contribution in [0.15, 0.2) is 42.5 Å². The van der Waals surface area contributed by atoms with Crippen LogP contribution in [0.4, 0.5) is 0 Å². The molecule has 0 bridgehead atoms. The van der Waals surface area contributed by atoms with E-state index in [-0.39, 0.29) is 19.0 Å². The van der Waals surface area contributed by atoms with E-state index >= 15 is 0 Å². The van der Waals surface area contributed by atoms with Crippen molar-refractivity contribution in [1.82, 2.24) is 25.5 Å². The summed E-state index contributed by atoms with van der Waals surface area (Å²) in [6, 6.07) is 14.1. The normalized spacial score (nSPS) is 10.6. The Morgan fingerprint density at radius 2 is 1.70 bits per heavy atom. The Bertz CT molecular complexity index is 946. The van der Waals surface area contributed by atoms with E-state index in [0.717, 1.165) is 18.8 Å². The molecule has 180 valence electrons. The van der Waals surface area contributed by atoms with Crippen molar-refractivity contribution in [2.24, 2.45) is 0 Å². The second-order valence-electron chi connectivity index (χ2n) is 8.06. The molecule has 0 aliphatic heterocycles. The molecule has 1 heterocycles. The topological polar surface area (TPSA) is 74.1 Å². The third-order valence-electron chi connectivity index (χ3n) is 5.43. The number of methoxy groups -OCH3 is 1. The first-order valence-electron chi connectivity index (χ1n) is 11.6. The molecule has 0 saturated heterocycles. The van der Waals surface area contributed by atoms with Crippen molar-refractivity contribution in [2.75, 3.05) is 13.7 Å².